The van der Waals surface area contributed by atoms with Crippen molar-refractivity contribution < 1.29 is 9.90 Å². The molecule has 1 aliphatic carbocycles. The summed E-state index contributed by atoms with van der Waals surface area (Å²) in [5, 5.41) is 12.8. The van der Waals surface area contributed by atoms with Gasteiger partial charge in [0.15, 0.2) is 0 Å². The van der Waals surface area contributed by atoms with Crippen LogP contribution < -0.4 is 5.32 Å². The smallest absolute Gasteiger partial charge is 0.230 e. The van der Waals surface area contributed by atoms with E-state index in [9.17, 15) is 9.90 Å². The monoisotopic (exact) mass is 309 g/mol. The molecule has 1 fully saturated rings. The van der Waals surface area contributed by atoms with Gasteiger partial charge in [-0.25, -0.2) is 0 Å². The topological polar surface area (TPSA) is 49.3 Å². The van der Waals surface area contributed by atoms with Gasteiger partial charge in [0, 0.05) is 6.04 Å². The van der Waals surface area contributed by atoms with Crippen molar-refractivity contribution in [3.05, 3.63) is 65.7 Å². The van der Waals surface area contributed by atoms with Crippen molar-refractivity contribution in [2.75, 3.05) is 0 Å². The first-order valence-corrected chi connectivity index (χ1v) is 8.12. The summed E-state index contributed by atoms with van der Waals surface area (Å²) in [6.07, 6.45) is 1.98. The number of phenols is 1. The molecule has 2 N–H and O–H groups in total. The first kappa shape index (κ1) is 15.6. The predicted octanol–water partition coefficient (Wildman–Crippen LogP) is 3.73. The van der Waals surface area contributed by atoms with E-state index in [1.165, 1.54) is 5.56 Å². The lowest BCUT2D eigenvalue weighted by atomic mass is 9.75. The summed E-state index contributed by atoms with van der Waals surface area (Å²) in [4.78, 5) is 12.6. The van der Waals surface area contributed by atoms with Crippen molar-refractivity contribution in [3.63, 3.8) is 0 Å². The predicted molar refractivity (Wildman–Crippen MR) is 91.5 cm³/mol. The molecule has 0 radical (unpaired) electrons. The Labute approximate surface area is 137 Å². The Morgan fingerprint density at radius 2 is 1.78 bits per heavy atom. The van der Waals surface area contributed by atoms with Crippen LogP contribution in [0.5, 0.6) is 5.75 Å². The number of hydrogen-bond acceptors (Lipinski definition) is 2. The van der Waals surface area contributed by atoms with Crippen LogP contribution in [0.25, 0.3) is 0 Å². The van der Waals surface area contributed by atoms with E-state index in [0.717, 1.165) is 18.4 Å². The van der Waals surface area contributed by atoms with Gasteiger partial charge in [-0.1, -0.05) is 42.5 Å². The lowest BCUT2D eigenvalue weighted by Crippen LogP contribution is -2.49. The standard InChI is InChI=1S/C20H23NO2/c1-20(2,16-9-6-10-18(22)13-16)19(23)21-17-11-15(12-17)14-7-4-3-5-8-14/h3-10,13,15,17,22H,11-12H2,1-2H3,(H,21,23). The van der Waals surface area contributed by atoms with Crippen molar-refractivity contribution in [2.24, 2.45) is 0 Å². The van der Waals surface area contributed by atoms with E-state index in [1.54, 1.807) is 18.2 Å². The number of carbonyl (C=O) groups is 1. The zero-order valence-corrected chi connectivity index (χ0v) is 13.6. The van der Waals surface area contributed by atoms with Crippen molar-refractivity contribution >= 4 is 5.91 Å². The Bertz CT molecular complexity index is 688. The van der Waals surface area contributed by atoms with Crippen LogP contribution in [-0.4, -0.2) is 17.1 Å². The third-order valence-corrected chi connectivity index (χ3v) is 4.88. The second-order valence-corrected chi connectivity index (χ2v) is 6.92. The molecule has 1 aliphatic rings. The summed E-state index contributed by atoms with van der Waals surface area (Å²) in [6.45, 7) is 3.79. The number of carbonyl (C=O) groups excluding carboxylic acids is 1. The van der Waals surface area contributed by atoms with Crippen molar-refractivity contribution in [1.82, 2.24) is 5.32 Å². The molecule has 0 heterocycles. The number of benzene rings is 2. The largest absolute Gasteiger partial charge is 0.508 e. The van der Waals surface area contributed by atoms with Gasteiger partial charge in [-0.15, -0.1) is 0 Å². The fraction of sp³-hybridized carbons (Fsp3) is 0.350. The molecule has 0 unspecified atom stereocenters. The molecule has 23 heavy (non-hydrogen) atoms. The summed E-state index contributed by atoms with van der Waals surface area (Å²) in [7, 11) is 0. The van der Waals surface area contributed by atoms with E-state index < -0.39 is 5.41 Å². The first-order chi connectivity index (χ1) is 11.0. The molecule has 0 saturated heterocycles. The molecule has 1 saturated carbocycles. The van der Waals surface area contributed by atoms with Crippen molar-refractivity contribution in [1.29, 1.82) is 0 Å². The van der Waals surface area contributed by atoms with Gasteiger partial charge >= 0.3 is 0 Å². The maximum atomic E-state index is 12.6. The number of amides is 1. The van der Waals surface area contributed by atoms with Crippen LogP contribution in [-0.2, 0) is 10.2 Å². The SMILES string of the molecule is CC(C)(C(=O)NC1CC(c2ccccc2)C1)c1cccc(O)c1. The molecule has 2 aromatic carbocycles. The molecule has 0 atom stereocenters. The lowest BCUT2D eigenvalue weighted by Gasteiger charge is -2.38. The second-order valence-electron chi connectivity index (χ2n) is 6.92. The van der Waals surface area contributed by atoms with Gasteiger partial charge in [0.1, 0.15) is 5.75 Å². The number of rotatable bonds is 4. The minimum absolute atomic E-state index is 0.0135. The Kier molecular flexibility index (Phi) is 4.12. The minimum atomic E-state index is -0.656. The van der Waals surface area contributed by atoms with E-state index >= 15 is 0 Å². The van der Waals surface area contributed by atoms with Crippen LogP contribution in [0.1, 0.15) is 43.7 Å². The molecular weight excluding hydrogens is 286 g/mol. The quantitative estimate of drug-likeness (QED) is 0.904. The highest BCUT2D eigenvalue weighted by Crippen LogP contribution is 2.37. The highest BCUT2D eigenvalue weighted by atomic mass is 16.3. The van der Waals surface area contributed by atoms with E-state index in [0.29, 0.717) is 5.92 Å². The number of aromatic hydroxyl groups is 1. The molecule has 3 rings (SSSR count). The van der Waals surface area contributed by atoms with E-state index in [1.807, 2.05) is 26.0 Å². The molecule has 0 bridgehead atoms. The zero-order chi connectivity index (χ0) is 16.4. The molecule has 120 valence electrons. The Balaban J connectivity index is 1.60. The van der Waals surface area contributed by atoms with Crippen LogP contribution >= 0.6 is 0 Å². The van der Waals surface area contributed by atoms with E-state index in [4.69, 9.17) is 0 Å². The van der Waals surface area contributed by atoms with Crippen LogP contribution in [0.2, 0.25) is 0 Å². The highest BCUT2D eigenvalue weighted by Gasteiger charge is 2.36. The molecule has 0 aromatic heterocycles. The van der Waals surface area contributed by atoms with E-state index in [-0.39, 0.29) is 17.7 Å². The number of phenolic OH excluding ortho intramolecular Hbond substituents is 1. The normalized spacial score (nSPS) is 20.6. The summed E-state index contributed by atoms with van der Waals surface area (Å²) in [5.41, 5.74) is 1.52. The van der Waals surface area contributed by atoms with Crippen LogP contribution in [0.15, 0.2) is 54.6 Å². The third-order valence-electron chi connectivity index (χ3n) is 4.88. The maximum Gasteiger partial charge on any atom is 0.230 e. The first-order valence-electron chi connectivity index (χ1n) is 8.12. The van der Waals surface area contributed by atoms with Gasteiger partial charge in [0.05, 0.1) is 5.41 Å². The van der Waals surface area contributed by atoms with Crippen molar-refractivity contribution in [2.45, 2.75) is 44.1 Å². The summed E-state index contributed by atoms with van der Waals surface area (Å²) in [6, 6.07) is 17.6. The Hall–Kier alpha value is -2.29. The Morgan fingerprint density at radius 1 is 1.09 bits per heavy atom. The van der Waals surface area contributed by atoms with Gasteiger partial charge in [-0.3, -0.25) is 4.79 Å². The number of nitrogens with one attached hydrogen (secondary N) is 1. The van der Waals surface area contributed by atoms with Gasteiger partial charge in [-0.2, -0.15) is 0 Å². The fourth-order valence-electron chi connectivity index (χ4n) is 3.12. The minimum Gasteiger partial charge on any atom is -0.508 e. The van der Waals surface area contributed by atoms with E-state index in [2.05, 4.69) is 29.6 Å². The third kappa shape index (κ3) is 3.24. The van der Waals surface area contributed by atoms with Crippen molar-refractivity contribution in [3.8, 4) is 5.75 Å². The fourth-order valence-corrected chi connectivity index (χ4v) is 3.12. The molecule has 3 nitrogen and oxygen atoms in total. The molecule has 2 aromatic rings. The van der Waals surface area contributed by atoms with Gasteiger partial charge < -0.3 is 10.4 Å². The van der Waals surface area contributed by atoms with Gasteiger partial charge in [-0.05, 0) is 55.9 Å². The number of hydrogen-bond donors (Lipinski definition) is 2. The van der Waals surface area contributed by atoms with Crippen LogP contribution in [0, 0.1) is 0 Å². The average molecular weight is 309 g/mol. The summed E-state index contributed by atoms with van der Waals surface area (Å²) >= 11 is 0. The molecule has 1 amide bonds. The van der Waals surface area contributed by atoms with Gasteiger partial charge in [0.25, 0.3) is 0 Å². The molecule has 3 heteroatoms. The Morgan fingerprint density at radius 3 is 2.43 bits per heavy atom. The summed E-state index contributed by atoms with van der Waals surface area (Å²) in [5.74, 6) is 0.751. The zero-order valence-electron chi connectivity index (χ0n) is 13.6. The molecular formula is C20H23NO2. The van der Waals surface area contributed by atoms with Crippen LogP contribution in [0.4, 0.5) is 0 Å². The van der Waals surface area contributed by atoms with Gasteiger partial charge in [0.2, 0.25) is 5.91 Å². The highest BCUT2D eigenvalue weighted by molar-refractivity contribution is 5.87. The lowest BCUT2D eigenvalue weighted by molar-refractivity contribution is -0.127. The second kappa shape index (κ2) is 6.07. The molecule has 0 aliphatic heterocycles. The average Bonchev–Trinajstić information content (AvgIpc) is 2.51. The molecule has 0 spiro atoms. The summed E-state index contributed by atoms with van der Waals surface area (Å²) < 4.78 is 0. The maximum absolute atomic E-state index is 12.6. The van der Waals surface area contributed by atoms with Crippen LogP contribution in [0.3, 0.4) is 0 Å².